The highest BCUT2D eigenvalue weighted by Crippen LogP contribution is 2.48. The van der Waals surface area contributed by atoms with Crippen LogP contribution in [0.4, 0.5) is 24.5 Å². The van der Waals surface area contributed by atoms with E-state index in [9.17, 15) is 13.2 Å². The van der Waals surface area contributed by atoms with Crippen molar-refractivity contribution in [2.24, 2.45) is 5.41 Å². The molecule has 0 aliphatic heterocycles. The minimum atomic E-state index is -4.39. The molecule has 0 aromatic heterocycles. The molecule has 200 valence electrons. The molecule has 1 aliphatic carbocycles. The van der Waals surface area contributed by atoms with Crippen LogP contribution in [0.1, 0.15) is 25.8 Å². The number of anilines is 2. The average Bonchev–Trinajstić information content (AvgIpc) is 2.91. The van der Waals surface area contributed by atoms with Gasteiger partial charge in [-0.15, -0.1) is 16.9 Å². The van der Waals surface area contributed by atoms with Crippen LogP contribution in [0.25, 0.3) is 0 Å². The highest BCUT2D eigenvalue weighted by atomic mass is 32.2. The topological polar surface area (TPSA) is 39.3 Å². The Balaban J connectivity index is 1.77. The largest absolute Gasteiger partial charge is 0.397 e. The van der Waals surface area contributed by atoms with Gasteiger partial charge >= 0.3 is 6.18 Å². The van der Waals surface area contributed by atoms with Crippen LogP contribution in [0.5, 0.6) is 0 Å². The summed E-state index contributed by atoms with van der Waals surface area (Å²) >= 11 is 1.62. The molecule has 1 aliphatic rings. The molecule has 0 saturated heterocycles. The number of halogens is 3. The molecule has 2 atom stereocenters. The number of alkyl halides is 3. The maximum Gasteiger partial charge on any atom is 0.397 e. The van der Waals surface area contributed by atoms with Gasteiger partial charge in [-0.1, -0.05) is 72.8 Å². The van der Waals surface area contributed by atoms with E-state index >= 15 is 0 Å². The van der Waals surface area contributed by atoms with Crippen molar-refractivity contribution in [3.8, 4) is 0 Å². The van der Waals surface area contributed by atoms with Crippen molar-refractivity contribution in [2.75, 3.05) is 17.0 Å². The molecular weight excluding hydrogens is 505 g/mol. The lowest BCUT2D eigenvalue weighted by Crippen LogP contribution is -2.62. The van der Waals surface area contributed by atoms with E-state index < -0.39 is 17.3 Å². The number of nitrogens with one attached hydrogen (secondary N) is 3. The SMILES string of the molecule is CSc1cccc(NN(NCc2ccccc2)C(C)(Nc2ccccc2)C2=CC=CC(C)(C(F)(F)F)C2)c1. The van der Waals surface area contributed by atoms with Gasteiger partial charge in [-0.25, -0.2) is 5.43 Å². The zero-order valence-corrected chi connectivity index (χ0v) is 22.5. The van der Waals surface area contributed by atoms with E-state index in [1.807, 2.05) is 98.1 Å². The second-order valence-electron chi connectivity index (χ2n) is 9.71. The highest BCUT2D eigenvalue weighted by Gasteiger charge is 2.52. The second kappa shape index (κ2) is 11.7. The Labute approximate surface area is 227 Å². The summed E-state index contributed by atoms with van der Waals surface area (Å²) in [5.74, 6) is 0. The molecular formula is C30H33F3N4S. The number of rotatable bonds is 10. The lowest BCUT2D eigenvalue weighted by Gasteiger charge is -2.47. The van der Waals surface area contributed by atoms with Gasteiger partial charge in [-0.2, -0.15) is 13.2 Å². The van der Waals surface area contributed by atoms with Crippen LogP contribution in [0, 0.1) is 5.41 Å². The quantitative estimate of drug-likeness (QED) is 0.138. The fraction of sp³-hybridized carbons (Fsp3) is 0.267. The van der Waals surface area contributed by atoms with Crippen LogP contribution >= 0.6 is 11.8 Å². The van der Waals surface area contributed by atoms with E-state index in [2.05, 4.69) is 16.2 Å². The molecule has 3 aromatic rings. The van der Waals surface area contributed by atoms with Crippen LogP contribution < -0.4 is 16.2 Å². The summed E-state index contributed by atoms with van der Waals surface area (Å²) in [4.78, 5) is 1.07. The van der Waals surface area contributed by atoms with Crippen molar-refractivity contribution < 1.29 is 13.2 Å². The molecule has 38 heavy (non-hydrogen) atoms. The number of allylic oxidation sites excluding steroid dienone is 3. The lowest BCUT2D eigenvalue weighted by molar-refractivity contribution is -0.200. The summed E-state index contributed by atoms with van der Waals surface area (Å²) in [6, 6.07) is 27.3. The van der Waals surface area contributed by atoms with Crippen molar-refractivity contribution >= 4 is 23.1 Å². The minimum absolute atomic E-state index is 0.195. The Bertz CT molecular complexity index is 1260. The van der Waals surface area contributed by atoms with Crippen LogP contribution in [0.3, 0.4) is 0 Å². The molecule has 4 rings (SSSR count). The van der Waals surface area contributed by atoms with Gasteiger partial charge in [0.15, 0.2) is 0 Å². The van der Waals surface area contributed by atoms with Crippen LogP contribution in [0.2, 0.25) is 0 Å². The van der Waals surface area contributed by atoms with Gasteiger partial charge in [-0.3, -0.25) is 0 Å². The van der Waals surface area contributed by atoms with E-state index in [1.165, 1.54) is 19.1 Å². The third kappa shape index (κ3) is 6.43. The van der Waals surface area contributed by atoms with E-state index in [-0.39, 0.29) is 6.42 Å². The second-order valence-corrected chi connectivity index (χ2v) is 10.6. The number of hydrogen-bond donors (Lipinski definition) is 3. The van der Waals surface area contributed by atoms with Gasteiger partial charge in [-0.05, 0) is 68.0 Å². The number of hydrogen-bond acceptors (Lipinski definition) is 5. The first-order valence-corrected chi connectivity index (χ1v) is 13.6. The molecule has 0 fully saturated rings. The molecule has 0 spiro atoms. The summed E-state index contributed by atoms with van der Waals surface area (Å²) in [5, 5.41) is 5.31. The smallest absolute Gasteiger partial charge is 0.361 e. The number of hydrazine groups is 2. The maximum atomic E-state index is 14.2. The highest BCUT2D eigenvalue weighted by molar-refractivity contribution is 7.98. The van der Waals surface area contributed by atoms with Gasteiger partial charge in [0.2, 0.25) is 0 Å². The van der Waals surface area contributed by atoms with E-state index in [0.717, 1.165) is 21.8 Å². The Morgan fingerprint density at radius 2 is 1.58 bits per heavy atom. The van der Waals surface area contributed by atoms with Crippen molar-refractivity contribution in [1.82, 2.24) is 10.5 Å². The third-order valence-electron chi connectivity index (χ3n) is 6.80. The van der Waals surface area contributed by atoms with Gasteiger partial charge in [0.25, 0.3) is 0 Å². The van der Waals surface area contributed by atoms with Crippen molar-refractivity contribution in [3.63, 3.8) is 0 Å². The molecule has 8 heteroatoms. The molecule has 0 bridgehead atoms. The van der Waals surface area contributed by atoms with Crippen LogP contribution in [-0.2, 0) is 6.54 Å². The molecule has 0 amide bonds. The molecule has 0 radical (unpaired) electrons. The fourth-order valence-electron chi connectivity index (χ4n) is 4.40. The van der Waals surface area contributed by atoms with Crippen LogP contribution in [0.15, 0.2) is 114 Å². The number of para-hydroxylation sites is 1. The van der Waals surface area contributed by atoms with E-state index in [4.69, 9.17) is 0 Å². The zero-order valence-electron chi connectivity index (χ0n) is 21.7. The van der Waals surface area contributed by atoms with Crippen molar-refractivity contribution in [1.29, 1.82) is 0 Å². The van der Waals surface area contributed by atoms with Gasteiger partial charge < -0.3 is 10.7 Å². The summed E-state index contributed by atoms with van der Waals surface area (Å²) in [6.45, 7) is 3.60. The minimum Gasteiger partial charge on any atom is -0.361 e. The van der Waals surface area contributed by atoms with Crippen molar-refractivity contribution in [3.05, 3.63) is 114 Å². The van der Waals surface area contributed by atoms with Crippen molar-refractivity contribution in [2.45, 2.75) is 43.5 Å². The molecule has 2 unspecified atom stereocenters. The summed E-state index contributed by atoms with van der Waals surface area (Å²) < 4.78 is 42.5. The summed E-state index contributed by atoms with van der Waals surface area (Å²) in [6.07, 6.45) is 1.96. The molecule has 0 saturated carbocycles. The maximum absolute atomic E-state index is 14.2. The Morgan fingerprint density at radius 3 is 2.24 bits per heavy atom. The average molecular weight is 539 g/mol. The summed E-state index contributed by atoms with van der Waals surface area (Å²) in [7, 11) is 0. The number of benzene rings is 3. The van der Waals surface area contributed by atoms with E-state index in [1.54, 1.807) is 23.0 Å². The lowest BCUT2D eigenvalue weighted by atomic mass is 9.76. The number of nitrogens with zero attached hydrogens (tertiary/aromatic N) is 1. The predicted molar refractivity (Wildman–Crippen MR) is 151 cm³/mol. The molecule has 3 aromatic carbocycles. The predicted octanol–water partition coefficient (Wildman–Crippen LogP) is 8.03. The van der Waals surface area contributed by atoms with Gasteiger partial charge in [0.05, 0.1) is 11.1 Å². The molecule has 4 nitrogen and oxygen atoms in total. The van der Waals surface area contributed by atoms with Gasteiger partial charge in [0, 0.05) is 17.1 Å². The third-order valence-corrected chi connectivity index (χ3v) is 7.52. The standard InChI is InChI=1S/C30H33F3N4S/c1-28(30(31,32)33)19-11-14-24(21-28)29(2,35-25-15-8-5-9-16-25)37(34-22-23-12-6-4-7-13-23)36-26-17-10-18-27(20-26)38-3/h4-20,34-36H,21-22H2,1-3H3. The summed E-state index contributed by atoms with van der Waals surface area (Å²) in [5.41, 5.74) is 7.03. The Kier molecular flexibility index (Phi) is 8.55. The molecule has 0 heterocycles. The fourth-order valence-corrected chi connectivity index (χ4v) is 4.86. The first-order valence-electron chi connectivity index (χ1n) is 12.4. The molecule has 3 N–H and O–H groups in total. The zero-order chi connectivity index (χ0) is 27.2. The first kappa shape index (κ1) is 27.8. The Hall–Kier alpha value is -3.20. The Morgan fingerprint density at radius 1 is 0.921 bits per heavy atom. The van der Waals surface area contributed by atoms with Gasteiger partial charge in [0.1, 0.15) is 5.66 Å². The first-order chi connectivity index (χ1) is 18.1. The van der Waals surface area contributed by atoms with E-state index in [0.29, 0.717) is 12.1 Å². The van der Waals surface area contributed by atoms with Crippen LogP contribution in [-0.4, -0.2) is 23.2 Å². The normalized spacial score (nSPS) is 19.1. The monoisotopic (exact) mass is 538 g/mol. The number of thioether (sulfide) groups is 1.